The number of nitrogens with zero attached hydrogens (tertiary/aromatic N) is 2. The monoisotopic (exact) mass is 398 g/mol. The fourth-order valence-corrected chi connectivity index (χ4v) is 3.52. The van der Waals surface area contributed by atoms with Crippen LogP contribution in [0, 0.1) is 12.7 Å². The predicted octanol–water partition coefficient (Wildman–Crippen LogP) is 2.78. The van der Waals surface area contributed by atoms with Crippen LogP contribution in [0.15, 0.2) is 29.2 Å². The van der Waals surface area contributed by atoms with Crippen LogP contribution in [0.4, 0.5) is 4.39 Å². The van der Waals surface area contributed by atoms with E-state index in [-0.39, 0.29) is 34.9 Å². The van der Waals surface area contributed by atoms with Crippen LogP contribution in [0.5, 0.6) is 0 Å². The molecular weight excluding hydrogens is 375 g/mol. The molecular formula is C21H23FN4O3. The summed E-state index contributed by atoms with van der Waals surface area (Å²) in [6, 6.07) is 4.58. The molecule has 0 spiro atoms. The molecule has 1 aromatic carbocycles. The van der Waals surface area contributed by atoms with Crippen molar-refractivity contribution >= 4 is 11.4 Å². The van der Waals surface area contributed by atoms with Gasteiger partial charge in [0, 0.05) is 24.3 Å². The predicted molar refractivity (Wildman–Crippen MR) is 107 cm³/mol. The summed E-state index contributed by atoms with van der Waals surface area (Å²) in [6.07, 6.45) is 3.46. The van der Waals surface area contributed by atoms with Crippen LogP contribution in [-0.2, 0) is 4.74 Å². The molecule has 0 saturated heterocycles. The number of aromatic nitrogens is 3. The van der Waals surface area contributed by atoms with Crippen molar-refractivity contribution in [2.45, 2.75) is 38.6 Å². The Hall–Kier alpha value is -3.00. The number of carbonyl (C=O) groups is 1. The molecule has 4 rings (SSSR count). The van der Waals surface area contributed by atoms with Gasteiger partial charge in [0.1, 0.15) is 11.3 Å². The molecule has 7 nitrogen and oxygen atoms in total. The number of methoxy groups -OCH3 is 1. The maximum absolute atomic E-state index is 14.0. The molecule has 2 N–H and O–H groups in total. The third-order valence-electron chi connectivity index (χ3n) is 5.14. The molecule has 29 heavy (non-hydrogen) atoms. The lowest BCUT2D eigenvalue weighted by Crippen LogP contribution is -2.36. The number of hydrogen-bond acceptors (Lipinski definition) is 4. The Labute approximate surface area is 166 Å². The lowest BCUT2D eigenvalue weighted by atomic mass is 10.1. The number of carbonyl (C=O) groups excluding carboxylic acids is 1. The van der Waals surface area contributed by atoms with E-state index in [1.807, 2.05) is 6.92 Å². The van der Waals surface area contributed by atoms with Crippen molar-refractivity contribution in [3.63, 3.8) is 0 Å². The van der Waals surface area contributed by atoms with Crippen molar-refractivity contribution in [3.8, 4) is 11.3 Å². The van der Waals surface area contributed by atoms with Crippen molar-refractivity contribution in [2.24, 2.45) is 0 Å². The van der Waals surface area contributed by atoms with E-state index in [2.05, 4.69) is 15.4 Å². The van der Waals surface area contributed by atoms with Gasteiger partial charge >= 0.3 is 0 Å². The number of aryl methyl sites for hydroxylation is 1. The minimum Gasteiger partial charge on any atom is -0.383 e. The van der Waals surface area contributed by atoms with Crippen molar-refractivity contribution < 1.29 is 13.9 Å². The zero-order valence-electron chi connectivity index (χ0n) is 16.6. The Balaban J connectivity index is 1.81. The maximum Gasteiger partial charge on any atom is 0.274 e. The number of benzene rings is 1. The normalized spacial score (nSPS) is 14.9. The minimum absolute atomic E-state index is 0.148. The lowest BCUT2D eigenvalue weighted by Gasteiger charge is -2.12. The van der Waals surface area contributed by atoms with Crippen LogP contribution in [-0.4, -0.2) is 40.3 Å². The fourth-order valence-electron chi connectivity index (χ4n) is 3.52. The number of nitrogens with one attached hydrogen (secondary N) is 2. The summed E-state index contributed by atoms with van der Waals surface area (Å²) in [5.74, 6) is -0.535. The number of fused-ring (bicyclic) bond motifs is 1. The number of rotatable bonds is 6. The summed E-state index contributed by atoms with van der Waals surface area (Å²) < 4.78 is 20.5. The minimum atomic E-state index is -0.352. The van der Waals surface area contributed by atoms with E-state index in [0.717, 1.165) is 12.8 Å². The Morgan fingerprint density at radius 3 is 2.86 bits per heavy atom. The number of H-pyrrole nitrogens is 1. The summed E-state index contributed by atoms with van der Waals surface area (Å²) >= 11 is 0. The van der Waals surface area contributed by atoms with Crippen LogP contribution in [0.25, 0.3) is 16.8 Å². The quantitative estimate of drug-likeness (QED) is 0.668. The van der Waals surface area contributed by atoms with E-state index >= 15 is 0 Å². The van der Waals surface area contributed by atoms with Gasteiger partial charge in [-0.05, 0) is 44.2 Å². The molecule has 2 aromatic heterocycles. The summed E-state index contributed by atoms with van der Waals surface area (Å²) in [7, 11) is 1.57. The van der Waals surface area contributed by atoms with Gasteiger partial charge in [-0.25, -0.2) is 8.91 Å². The highest BCUT2D eigenvalue weighted by Gasteiger charge is 2.34. The van der Waals surface area contributed by atoms with E-state index in [4.69, 9.17) is 4.74 Å². The van der Waals surface area contributed by atoms with Crippen LogP contribution in [0.2, 0.25) is 0 Å². The number of hydrogen-bond donors (Lipinski definition) is 2. The first-order valence-electron chi connectivity index (χ1n) is 9.61. The van der Waals surface area contributed by atoms with E-state index in [1.54, 1.807) is 32.4 Å². The first-order chi connectivity index (χ1) is 13.9. The van der Waals surface area contributed by atoms with Gasteiger partial charge < -0.3 is 15.0 Å². The molecule has 1 saturated carbocycles. The summed E-state index contributed by atoms with van der Waals surface area (Å²) in [6.45, 7) is 3.89. The number of aromatic amines is 1. The van der Waals surface area contributed by atoms with Gasteiger partial charge in [0.2, 0.25) is 0 Å². The Bertz CT molecular complexity index is 1150. The molecule has 1 fully saturated rings. The molecule has 3 aromatic rings. The third kappa shape index (κ3) is 3.67. The largest absolute Gasteiger partial charge is 0.383 e. The van der Waals surface area contributed by atoms with Crippen LogP contribution >= 0.6 is 0 Å². The van der Waals surface area contributed by atoms with E-state index < -0.39 is 0 Å². The van der Waals surface area contributed by atoms with Crippen molar-refractivity contribution in [2.75, 3.05) is 13.7 Å². The Morgan fingerprint density at radius 2 is 2.21 bits per heavy atom. The number of amides is 1. The topological polar surface area (TPSA) is 88.5 Å². The second kappa shape index (κ2) is 7.44. The van der Waals surface area contributed by atoms with E-state index in [1.165, 1.54) is 10.6 Å². The Kier molecular flexibility index (Phi) is 4.96. The van der Waals surface area contributed by atoms with Crippen LogP contribution in [0.3, 0.4) is 0 Å². The number of halogens is 1. The third-order valence-corrected chi connectivity index (χ3v) is 5.14. The standard InChI is InChI=1S/C21H23FN4O3/c1-11-4-5-14(8-15(11)22)16-9-26-19(21(28)24-16)17(13-6-7-13)18(25-26)20(27)23-12(2)10-29-3/h4-5,8-9,12-13H,6-7,10H2,1-3H3,(H,23,27)(H,24,28)/t12-/m0/s1. The SMILES string of the molecule is COC[C@H](C)NC(=O)c1nn2cc(-c3ccc(C)c(F)c3)[nH]c(=O)c2c1C1CC1. The lowest BCUT2D eigenvalue weighted by molar-refractivity contribution is 0.0899. The second-order valence-corrected chi connectivity index (χ2v) is 7.62. The molecule has 0 unspecified atom stereocenters. The maximum atomic E-state index is 14.0. The molecule has 1 atom stereocenters. The molecule has 152 valence electrons. The van der Waals surface area contributed by atoms with Gasteiger partial charge in [0.15, 0.2) is 5.69 Å². The van der Waals surface area contributed by atoms with Crippen molar-refractivity contribution in [1.82, 2.24) is 19.9 Å². The highest BCUT2D eigenvalue weighted by Crippen LogP contribution is 2.43. The molecule has 1 amide bonds. The van der Waals surface area contributed by atoms with Crippen LogP contribution in [0.1, 0.15) is 47.3 Å². The van der Waals surface area contributed by atoms with Crippen LogP contribution < -0.4 is 10.9 Å². The first-order valence-corrected chi connectivity index (χ1v) is 9.61. The zero-order valence-corrected chi connectivity index (χ0v) is 16.6. The number of ether oxygens (including phenoxy) is 1. The summed E-state index contributed by atoms with van der Waals surface area (Å²) in [5.41, 5.74) is 2.45. The average Bonchev–Trinajstić information content (AvgIpc) is 3.43. The van der Waals surface area contributed by atoms with Gasteiger partial charge in [0.25, 0.3) is 11.5 Å². The molecule has 1 aliphatic carbocycles. The molecule has 8 heteroatoms. The van der Waals surface area contributed by atoms with Crippen molar-refractivity contribution in [1.29, 1.82) is 0 Å². The van der Waals surface area contributed by atoms with Gasteiger partial charge in [0.05, 0.1) is 18.5 Å². The first kappa shape index (κ1) is 19.3. The van der Waals surface area contributed by atoms with Gasteiger partial charge in [-0.3, -0.25) is 9.59 Å². The Morgan fingerprint density at radius 1 is 1.45 bits per heavy atom. The van der Waals surface area contributed by atoms with Crippen molar-refractivity contribution in [3.05, 3.63) is 57.4 Å². The van der Waals surface area contributed by atoms with Gasteiger partial charge in [-0.1, -0.05) is 12.1 Å². The van der Waals surface area contributed by atoms with E-state index in [9.17, 15) is 14.0 Å². The molecule has 0 aliphatic heterocycles. The zero-order chi connectivity index (χ0) is 20.7. The van der Waals surface area contributed by atoms with Gasteiger partial charge in [-0.2, -0.15) is 5.10 Å². The molecule has 2 heterocycles. The summed E-state index contributed by atoms with van der Waals surface area (Å²) in [4.78, 5) is 28.5. The van der Waals surface area contributed by atoms with E-state index in [0.29, 0.717) is 34.5 Å². The fraction of sp³-hybridized carbons (Fsp3) is 0.381. The van der Waals surface area contributed by atoms with Gasteiger partial charge in [-0.15, -0.1) is 0 Å². The molecule has 1 aliphatic rings. The second-order valence-electron chi connectivity index (χ2n) is 7.62. The highest BCUT2D eigenvalue weighted by molar-refractivity contribution is 5.96. The summed E-state index contributed by atoms with van der Waals surface area (Å²) in [5, 5.41) is 7.28. The molecule has 0 radical (unpaired) electrons. The smallest absolute Gasteiger partial charge is 0.274 e. The molecule has 0 bridgehead atoms. The average molecular weight is 398 g/mol. The highest BCUT2D eigenvalue weighted by atomic mass is 19.1.